The molecule has 1 fully saturated rings. The summed E-state index contributed by atoms with van der Waals surface area (Å²) < 4.78 is 1.85. The molecule has 78 valence electrons. The third-order valence-corrected chi connectivity index (χ3v) is 3.29. The van der Waals surface area contributed by atoms with E-state index in [4.69, 9.17) is 0 Å². The van der Waals surface area contributed by atoms with Gasteiger partial charge < -0.3 is 5.32 Å². The van der Waals surface area contributed by atoms with Crippen LogP contribution < -0.4 is 5.32 Å². The Morgan fingerprint density at radius 2 is 2.36 bits per heavy atom. The first-order chi connectivity index (χ1) is 6.74. The molecule has 0 amide bonds. The first kappa shape index (κ1) is 9.71. The van der Waals surface area contributed by atoms with Gasteiger partial charge in [0, 0.05) is 31.9 Å². The predicted octanol–water partition coefficient (Wildman–Crippen LogP) is 1.70. The summed E-state index contributed by atoms with van der Waals surface area (Å²) in [4.78, 5) is 0. The van der Waals surface area contributed by atoms with Gasteiger partial charge in [0.2, 0.25) is 0 Å². The van der Waals surface area contributed by atoms with Crippen molar-refractivity contribution in [3.8, 4) is 0 Å². The highest BCUT2D eigenvalue weighted by Crippen LogP contribution is 2.47. The van der Waals surface area contributed by atoms with Gasteiger partial charge >= 0.3 is 0 Å². The molecule has 0 atom stereocenters. The summed E-state index contributed by atoms with van der Waals surface area (Å²) in [6.45, 7) is 4.41. The van der Waals surface area contributed by atoms with Crippen molar-refractivity contribution in [2.75, 3.05) is 6.54 Å². The first-order valence-corrected chi connectivity index (χ1v) is 5.42. The molecule has 1 aliphatic rings. The van der Waals surface area contributed by atoms with Crippen LogP contribution in [-0.2, 0) is 13.6 Å². The normalized spacial score (nSPS) is 18.4. The molecule has 0 unspecified atom stereocenters. The largest absolute Gasteiger partial charge is 0.312 e. The zero-order valence-corrected chi connectivity index (χ0v) is 9.08. The highest BCUT2D eigenvalue weighted by molar-refractivity contribution is 5.03. The lowest BCUT2D eigenvalue weighted by molar-refractivity contribution is 0.443. The fraction of sp³-hybridized carbons (Fsp3) is 0.727. The Balaban J connectivity index is 1.73. The lowest BCUT2D eigenvalue weighted by Gasteiger charge is -2.12. The summed E-state index contributed by atoms with van der Waals surface area (Å²) in [6, 6.07) is 0. The number of hydrogen-bond acceptors (Lipinski definition) is 2. The molecule has 0 radical (unpaired) electrons. The number of nitrogens with zero attached hydrogens (tertiary/aromatic N) is 2. The van der Waals surface area contributed by atoms with Crippen molar-refractivity contribution in [2.45, 2.75) is 32.7 Å². The Bertz CT molecular complexity index is 299. The summed E-state index contributed by atoms with van der Waals surface area (Å²) in [6.07, 6.45) is 8.12. The van der Waals surface area contributed by atoms with Crippen LogP contribution in [-0.4, -0.2) is 16.3 Å². The molecular formula is C11H19N3. The predicted molar refractivity (Wildman–Crippen MR) is 56.9 cm³/mol. The van der Waals surface area contributed by atoms with Crippen LogP contribution in [0.15, 0.2) is 12.4 Å². The fourth-order valence-electron chi connectivity index (χ4n) is 1.87. The number of aryl methyl sites for hydroxylation is 1. The van der Waals surface area contributed by atoms with E-state index in [2.05, 4.69) is 23.5 Å². The molecule has 14 heavy (non-hydrogen) atoms. The number of aromatic nitrogens is 2. The van der Waals surface area contributed by atoms with E-state index in [0.29, 0.717) is 5.41 Å². The Kier molecular flexibility index (Phi) is 2.59. The molecule has 1 aromatic rings. The van der Waals surface area contributed by atoms with Gasteiger partial charge in [-0.2, -0.15) is 5.10 Å². The lowest BCUT2D eigenvalue weighted by Crippen LogP contribution is -2.22. The molecule has 3 nitrogen and oxygen atoms in total. The van der Waals surface area contributed by atoms with Crippen LogP contribution in [0, 0.1) is 5.41 Å². The second-order valence-electron chi connectivity index (χ2n) is 4.48. The van der Waals surface area contributed by atoms with Crippen LogP contribution >= 0.6 is 0 Å². The Morgan fingerprint density at radius 1 is 1.57 bits per heavy atom. The van der Waals surface area contributed by atoms with Crippen molar-refractivity contribution in [2.24, 2.45) is 12.5 Å². The van der Waals surface area contributed by atoms with E-state index >= 15 is 0 Å². The third kappa shape index (κ3) is 2.15. The van der Waals surface area contributed by atoms with E-state index < -0.39 is 0 Å². The average Bonchev–Trinajstić information content (AvgIpc) is 2.84. The van der Waals surface area contributed by atoms with Gasteiger partial charge in [-0.3, -0.25) is 4.68 Å². The molecule has 0 aromatic carbocycles. The minimum atomic E-state index is 0.641. The van der Waals surface area contributed by atoms with Crippen LogP contribution in [0.3, 0.4) is 0 Å². The Morgan fingerprint density at radius 3 is 2.86 bits per heavy atom. The molecule has 3 heteroatoms. The van der Waals surface area contributed by atoms with Crippen LogP contribution in [0.4, 0.5) is 0 Å². The standard InChI is InChI=1S/C11H19N3/c1-3-11(4-5-11)9-12-6-10-7-13-14(2)8-10/h7-8,12H,3-6,9H2,1-2H3. The monoisotopic (exact) mass is 193 g/mol. The van der Waals surface area contributed by atoms with Gasteiger partial charge in [0.1, 0.15) is 0 Å². The highest BCUT2D eigenvalue weighted by Gasteiger charge is 2.39. The van der Waals surface area contributed by atoms with Crippen molar-refractivity contribution in [1.29, 1.82) is 0 Å². The van der Waals surface area contributed by atoms with Gasteiger partial charge in [-0.15, -0.1) is 0 Å². The maximum atomic E-state index is 4.14. The minimum Gasteiger partial charge on any atom is -0.312 e. The van der Waals surface area contributed by atoms with E-state index in [1.54, 1.807) is 0 Å². The third-order valence-electron chi connectivity index (χ3n) is 3.29. The fourth-order valence-corrected chi connectivity index (χ4v) is 1.87. The number of nitrogens with one attached hydrogen (secondary N) is 1. The SMILES string of the molecule is CCC1(CNCc2cnn(C)c2)CC1. The van der Waals surface area contributed by atoms with Crippen LogP contribution in [0.2, 0.25) is 0 Å². The summed E-state index contributed by atoms with van der Waals surface area (Å²) in [7, 11) is 1.96. The smallest absolute Gasteiger partial charge is 0.0534 e. The molecule has 1 aromatic heterocycles. The summed E-state index contributed by atoms with van der Waals surface area (Å²) in [5.41, 5.74) is 1.92. The molecule has 0 bridgehead atoms. The van der Waals surface area contributed by atoms with Crippen molar-refractivity contribution in [3.05, 3.63) is 18.0 Å². The second-order valence-corrected chi connectivity index (χ2v) is 4.48. The van der Waals surface area contributed by atoms with Gasteiger partial charge in [-0.1, -0.05) is 6.92 Å². The average molecular weight is 193 g/mol. The van der Waals surface area contributed by atoms with E-state index in [1.165, 1.54) is 31.4 Å². The Hall–Kier alpha value is -0.830. The first-order valence-electron chi connectivity index (χ1n) is 5.42. The maximum Gasteiger partial charge on any atom is 0.0534 e. The van der Waals surface area contributed by atoms with Gasteiger partial charge in [0.25, 0.3) is 0 Å². The van der Waals surface area contributed by atoms with Gasteiger partial charge in [-0.25, -0.2) is 0 Å². The van der Waals surface area contributed by atoms with E-state index in [1.807, 2.05) is 17.9 Å². The van der Waals surface area contributed by atoms with E-state index in [0.717, 1.165) is 6.54 Å². The summed E-state index contributed by atoms with van der Waals surface area (Å²) in [5.74, 6) is 0. The van der Waals surface area contributed by atoms with Crippen molar-refractivity contribution in [3.63, 3.8) is 0 Å². The zero-order chi connectivity index (χ0) is 10.0. The molecule has 1 heterocycles. The molecule has 2 rings (SSSR count). The molecule has 1 aliphatic carbocycles. The molecule has 1 saturated carbocycles. The minimum absolute atomic E-state index is 0.641. The van der Waals surface area contributed by atoms with Crippen LogP contribution in [0.25, 0.3) is 0 Å². The van der Waals surface area contributed by atoms with Gasteiger partial charge in [0.15, 0.2) is 0 Å². The maximum absolute atomic E-state index is 4.14. The van der Waals surface area contributed by atoms with Crippen molar-refractivity contribution in [1.82, 2.24) is 15.1 Å². The Labute approximate surface area is 85.5 Å². The van der Waals surface area contributed by atoms with Crippen molar-refractivity contribution >= 4 is 0 Å². The number of hydrogen-bond donors (Lipinski definition) is 1. The zero-order valence-electron chi connectivity index (χ0n) is 9.08. The topological polar surface area (TPSA) is 29.9 Å². The van der Waals surface area contributed by atoms with Gasteiger partial charge in [-0.05, 0) is 24.7 Å². The van der Waals surface area contributed by atoms with Crippen LogP contribution in [0.1, 0.15) is 31.7 Å². The summed E-state index contributed by atoms with van der Waals surface area (Å²) >= 11 is 0. The molecule has 1 N–H and O–H groups in total. The van der Waals surface area contributed by atoms with Crippen LogP contribution in [0.5, 0.6) is 0 Å². The van der Waals surface area contributed by atoms with E-state index in [9.17, 15) is 0 Å². The van der Waals surface area contributed by atoms with Gasteiger partial charge in [0.05, 0.1) is 6.20 Å². The lowest BCUT2D eigenvalue weighted by atomic mass is 10.0. The molecule has 0 saturated heterocycles. The molecular weight excluding hydrogens is 174 g/mol. The molecule has 0 aliphatic heterocycles. The highest BCUT2D eigenvalue weighted by atomic mass is 15.2. The number of rotatable bonds is 5. The molecule has 0 spiro atoms. The second kappa shape index (κ2) is 3.73. The van der Waals surface area contributed by atoms with Crippen molar-refractivity contribution < 1.29 is 0 Å². The summed E-state index contributed by atoms with van der Waals surface area (Å²) in [5, 5.41) is 7.66. The quantitative estimate of drug-likeness (QED) is 0.771. The van der Waals surface area contributed by atoms with E-state index in [-0.39, 0.29) is 0 Å².